The molecule has 2 heterocycles. The van der Waals surface area contributed by atoms with E-state index in [0.717, 1.165) is 27.7 Å². The lowest BCUT2D eigenvalue weighted by molar-refractivity contribution is -0.0000112. The third-order valence-electron chi connectivity index (χ3n) is 5.96. The molecular formula is C29H27Cl2N4O4S-. The van der Waals surface area contributed by atoms with Gasteiger partial charge in [-0.05, 0) is 54.1 Å². The van der Waals surface area contributed by atoms with E-state index in [2.05, 4.69) is 20.6 Å². The Bertz CT molecular complexity index is 1700. The Morgan fingerprint density at radius 3 is 2.58 bits per heavy atom. The van der Waals surface area contributed by atoms with Crippen LogP contribution in [0, 0.1) is 0 Å². The fourth-order valence-corrected chi connectivity index (χ4v) is 4.72. The average molecular weight is 599 g/mol. The number of halogens is 2. The number of nitrogens with zero attached hydrogens (tertiary/aromatic N) is 2. The molecule has 0 amide bonds. The number of hydrogen-bond donors (Lipinski definition) is 2. The number of fused-ring (bicyclic) bond motifs is 1. The van der Waals surface area contributed by atoms with Crippen LogP contribution in [0.5, 0.6) is 5.75 Å². The van der Waals surface area contributed by atoms with E-state index >= 15 is 0 Å². The monoisotopic (exact) mass is 597 g/mol. The normalized spacial score (nSPS) is 11.2. The van der Waals surface area contributed by atoms with Crippen molar-refractivity contribution in [1.82, 2.24) is 15.3 Å². The number of aromatic nitrogens is 2. The molecule has 0 saturated carbocycles. The number of sulfone groups is 1. The largest absolute Gasteiger partial charge is 1.00 e. The SMILES string of the molecule is CS(=O)(=O)CCNCc1ccc(-c2ccc3ncnc(Nc4ccc(OCc5ccccc5)c(Cl)c4)c3c2)o1.[Cl-]. The average Bonchev–Trinajstić information content (AvgIpc) is 3.40. The zero-order chi connectivity index (χ0) is 27.2. The van der Waals surface area contributed by atoms with Crippen LogP contribution in [0.1, 0.15) is 11.3 Å². The molecule has 40 heavy (non-hydrogen) atoms. The van der Waals surface area contributed by atoms with Crippen LogP contribution in [-0.4, -0.2) is 36.9 Å². The van der Waals surface area contributed by atoms with Crippen LogP contribution < -0.4 is 27.8 Å². The smallest absolute Gasteiger partial charge is 0.148 e. The second-order valence-electron chi connectivity index (χ2n) is 9.07. The number of furan rings is 1. The van der Waals surface area contributed by atoms with Crippen LogP contribution in [0.25, 0.3) is 22.2 Å². The Hall–Kier alpha value is -3.63. The van der Waals surface area contributed by atoms with Gasteiger partial charge in [-0.2, -0.15) is 0 Å². The third-order valence-corrected chi connectivity index (χ3v) is 7.20. The summed E-state index contributed by atoms with van der Waals surface area (Å²) in [6.07, 6.45) is 2.73. The molecule has 0 saturated heterocycles. The standard InChI is InChI=1S/C29H27ClN4O4S.ClH/c1-39(35,36)14-13-31-17-23-9-12-27(38-23)21-7-10-26-24(15-21)29(33-19-32-26)34-22-8-11-28(25(30)16-22)37-18-20-5-3-2-4-6-20;/h2-12,15-16,19,31H,13-14,17-18H2,1H3,(H,32,33,34);1H/p-1. The molecule has 11 heteroatoms. The number of nitrogens with one attached hydrogen (secondary N) is 2. The summed E-state index contributed by atoms with van der Waals surface area (Å²) in [7, 11) is -3.01. The van der Waals surface area contributed by atoms with Gasteiger partial charge in [-0.3, -0.25) is 0 Å². The molecule has 0 bridgehead atoms. The maximum absolute atomic E-state index is 11.3. The van der Waals surface area contributed by atoms with Gasteiger partial charge < -0.3 is 32.2 Å². The first-order chi connectivity index (χ1) is 18.8. The lowest BCUT2D eigenvalue weighted by Crippen LogP contribution is -3.00. The van der Waals surface area contributed by atoms with Gasteiger partial charge in [-0.25, -0.2) is 18.4 Å². The predicted octanol–water partition coefficient (Wildman–Crippen LogP) is 3.00. The Morgan fingerprint density at radius 2 is 1.80 bits per heavy atom. The Morgan fingerprint density at radius 1 is 0.975 bits per heavy atom. The molecule has 0 unspecified atom stereocenters. The fourth-order valence-electron chi connectivity index (χ4n) is 3.97. The van der Waals surface area contributed by atoms with Crippen LogP contribution in [-0.2, 0) is 23.0 Å². The zero-order valence-corrected chi connectivity index (χ0v) is 23.9. The molecule has 5 aromatic rings. The second-order valence-corrected chi connectivity index (χ2v) is 11.7. The van der Waals surface area contributed by atoms with Crippen LogP contribution in [0.2, 0.25) is 5.02 Å². The molecule has 0 atom stereocenters. The van der Waals surface area contributed by atoms with Gasteiger partial charge in [-0.1, -0.05) is 41.9 Å². The first kappa shape index (κ1) is 29.4. The lowest BCUT2D eigenvalue weighted by atomic mass is 10.1. The van der Waals surface area contributed by atoms with Gasteiger partial charge in [0.25, 0.3) is 0 Å². The Labute approximate surface area is 244 Å². The van der Waals surface area contributed by atoms with E-state index in [4.69, 9.17) is 20.8 Å². The van der Waals surface area contributed by atoms with E-state index in [9.17, 15) is 8.42 Å². The van der Waals surface area contributed by atoms with E-state index < -0.39 is 9.84 Å². The van der Waals surface area contributed by atoms with E-state index in [-0.39, 0.29) is 18.2 Å². The topological polar surface area (TPSA) is 106 Å². The number of ether oxygens (including phenoxy) is 1. The Kier molecular flexibility index (Phi) is 9.65. The molecule has 0 aliphatic rings. The van der Waals surface area contributed by atoms with Gasteiger partial charge in [0.05, 0.1) is 22.8 Å². The summed E-state index contributed by atoms with van der Waals surface area (Å²) in [5.41, 5.74) is 3.47. The Balaban J connectivity index is 0.00000370. The minimum Gasteiger partial charge on any atom is -1.00 e. The van der Waals surface area contributed by atoms with Crippen molar-refractivity contribution in [2.45, 2.75) is 13.2 Å². The van der Waals surface area contributed by atoms with E-state index in [1.165, 1.54) is 12.6 Å². The highest BCUT2D eigenvalue weighted by Gasteiger charge is 2.11. The highest BCUT2D eigenvalue weighted by Crippen LogP contribution is 2.32. The molecule has 0 spiro atoms. The predicted molar refractivity (Wildman–Crippen MR) is 154 cm³/mol. The summed E-state index contributed by atoms with van der Waals surface area (Å²) >= 11 is 6.51. The van der Waals surface area contributed by atoms with Crippen LogP contribution in [0.15, 0.2) is 89.6 Å². The summed E-state index contributed by atoms with van der Waals surface area (Å²) in [5.74, 6) is 2.71. The highest BCUT2D eigenvalue weighted by atomic mass is 35.5. The van der Waals surface area contributed by atoms with Crippen LogP contribution >= 0.6 is 11.6 Å². The number of benzene rings is 3. The molecule has 2 N–H and O–H groups in total. The molecule has 208 valence electrons. The van der Waals surface area contributed by atoms with Gasteiger partial charge in [0.2, 0.25) is 0 Å². The van der Waals surface area contributed by atoms with Gasteiger partial charge in [0.1, 0.15) is 45.9 Å². The van der Waals surface area contributed by atoms with E-state index in [0.29, 0.717) is 47.8 Å². The maximum atomic E-state index is 11.3. The number of hydrogen-bond acceptors (Lipinski definition) is 8. The first-order valence-corrected chi connectivity index (χ1v) is 14.7. The highest BCUT2D eigenvalue weighted by molar-refractivity contribution is 7.90. The van der Waals surface area contributed by atoms with E-state index in [1.807, 2.05) is 72.8 Å². The lowest BCUT2D eigenvalue weighted by Gasteiger charge is -2.12. The summed E-state index contributed by atoms with van der Waals surface area (Å²) in [6, 6.07) is 25.0. The number of anilines is 2. The third kappa shape index (κ3) is 7.73. The van der Waals surface area contributed by atoms with Crippen molar-refractivity contribution in [3.05, 3.63) is 102 Å². The van der Waals surface area contributed by atoms with E-state index in [1.54, 1.807) is 6.07 Å². The summed E-state index contributed by atoms with van der Waals surface area (Å²) in [6.45, 7) is 1.23. The van der Waals surface area contributed by atoms with Crippen LogP contribution in [0.3, 0.4) is 0 Å². The first-order valence-electron chi connectivity index (χ1n) is 12.3. The maximum Gasteiger partial charge on any atom is 0.148 e. The molecule has 0 aliphatic carbocycles. The van der Waals surface area contributed by atoms with Gasteiger partial charge in [0, 0.05) is 29.4 Å². The minimum atomic E-state index is -3.01. The van der Waals surface area contributed by atoms with Crippen molar-refractivity contribution < 1.29 is 30.0 Å². The zero-order valence-electron chi connectivity index (χ0n) is 21.6. The molecule has 3 aromatic carbocycles. The molecule has 0 fully saturated rings. The van der Waals surface area contributed by atoms with Gasteiger partial charge >= 0.3 is 0 Å². The molecule has 2 aromatic heterocycles. The summed E-state index contributed by atoms with van der Waals surface area (Å²) in [5, 5.41) is 7.74. The summed E-state index contributed by atoms with van der Waals surface area (Å²) < 4.78 is 34.5. The van der Waals surface area contributed by atoms with Crippen molar-refractivity contribution in [3.63, 3.8) is 0 Å². The van der Waals surface area contributed by atoms with Crippen LogP contribution in [0.4, 0.5) is 11.5 Å². The fraction of sp³-hybridized carbons (Fsp3) is 0.172. The number of rotatable bonds is 11. The van der Waals surface area contributed by atoms with Crippen molar-refractivity contribution in [2.75, 3.05) is 23.9 Å². The molecule has 0 radical (unpaired) electrons. The van der Waals surface area contributed by atoms with Crippen molar-refractivity contribution >= 4 is 43.8 Å². The van der Waals surface area contributed by atoms with Crippen molar-refractivity contribution in [3.8, 4) is 17.1 Å². The second kappa shape index (κ2) is 13.1. The quantitative estimate of drug-likeness (QED) is 0.224. The molecule has 5 rings (SSSR count). The molecule has 8 nitrogen and oxygen atoms in total. The summed E-state index contributed by atoms with van der Waals surface area (Å²) in [4.78, 5) is 8.84. The van der Waals surface area contributed by atoms with Gasteiger partial charge in [0.15, 0.2) is 0 Å². The minimum absolute atomic E-state index is 0. The van der Waals surface area contributed by atoms with Crippen molar-refractivity contribution in [1.29, 1.82) is 0 Å². The van der Waals surface area contributed by atoms with Crippen molar-refractivity contribution in [2.24, 2.45) is 0 Å². The molecule has 0 aliphatic heterocycles. The molecular weight excluding hydrogens is 571 g/mol. The van der Waals surface area contributed by atoms with Gasteiger partial charge in [-0.15, -0.1) is 0 Å².